The second kappa shape index (κ2) is 8.30. The number of carbonyl (C=O) groups is 2. The summed E-state index contributed by atoms with van der Waals surface area (Å²) < 4.78 is 43.9. The lowest BCUT2D eigenvalue weighted by Gasteiger charge is -2.38. The van der Waals surface area contributed by atoms with Gasteiger partial charge in [0.2, 0.25) is 5.78 Å². The van der Waals surface area contributed by atoms with Gasteiger partial charge < -0.3 is 4.90 Å². The molecule has 1 amide bonds. The second-order valence-corrected chi connectivity index (χ2v) is 8.05. The van der Waals surface area contributed by atoms with Crippen molar-refractivity contribution in [2.24, 2.45) is 0 Å². The van der Waals surface area contributed by atoms with Gasteiger partial charge in [0.15, 0.2) is 0 Å². The van der Waals surface area contributed by atoms with Crippen molar-refractivity contribution in [3.05, 3.63) is 76.7 Å². The van der Waals surface area contributed by atoms with Crippen LogP contribution in [0.2, 0.25) is 5.02 Å². The Bertz CT molecular complexity index is 1150. The van der Waals surface area contributed by atoms with Gasteiger partial charge in [-0.25, -0.2) is 13.2 Å². The van der Waals surface area contributed by atoms with Crippen LogP contribution in [0.1, 0.15) is 23.5 Å². The molecule has 1 unspecified atom stereocenters. The lowest BCUT2D eigenvalue weighted by molar-refractivity contribution is -0.152. The molecule has 0 radical (unpaired) electrons. The number of halogens is 4. The number of carbonyl (C=O) groups excluding carboxylic acids is 2. The number of rotatable bonds is 4. The van der Waals surface area contributed by atoms with Crippen LogP contribution < -0.4 is 0 Å². The Kier molecular flexibility index (Phi) is 5.71. The van der Waals surface area contributed by atoms with E-state index in [0.29, 0.717) is 21.5 Å². The molecule has 1 atom stereocenters. The smallest absolute Gasteiger partial charge is 0.290 e. The third-order valence-corrected chi connectivity index (χ3v) is 5.77. The summed E-state index contributed by atoms with van der Waals surface area (Å²) >= 11 is 5.80. The third-order valence-electron chi connectivity index (χ3n) is 5.52. The zero-order chi connectivity index (χ0) is 22.2. The number of aromatic nitrogens is 1. The molecule has 1 aromatic heterocycles. The third kappa shape index (κ3) is 4.42. The monoisotopic (exact) mass is 446 g/mol. The van der Waals surface area contributed by atoms with Gasteiger partial charge in [0.25, 0.3) is 11.8 Å². The van der Waals surface area contributed by atoms with Gasteiger partial charge in [-0.1, -0.05) is 23.7 Å². The Hall–Kier alpha value is -2.93. The molecule has 160 valence electrons. The van der Waals surface area contributed by atoms with Crippen LogP contribution in [0.5, 0.6) is 0 Å². The first-order valence-electron chi connectivity index (χ1n) is 9.73. The molecule has 0 aliphatic carbocycles. The van der Waals surface area contributed by atoms with Crippen LogP contribution in [0.25, 0.3) is 10.9 Å². The fourth-order valence-corrected chi connectivity index (χ4v) is 4.11. The van der Waals surface area contributed by atoms with Crippen LogP contribution in [0.3, 0.4) is 0 Å². The van der Waals surface area contributed by atoms with E-state index in [2.05, 4.69) is 4.98 Å². The molecule has 1 fully saturated rings. The summed E-state index contributed by atoms with van der Waals surface area (Å²) in [6, 6.07) is 11.7. The van der Waals surface area contributed by atoms with Gasteiger partial charge in [0.05, 0.1) is 18.0 Å². The maximum atomic E-state index is 15.1. The van der Waals surface area contributed by atoms with Crippen LogP contribution in [0, 0.1) is 5.82 Å². The molecule has 2 heterocycles. The summed E-state index contributed by atoms with van der Waals surface area (Å²) in [5.41, 5.74) is 1.29. The van der Waals surface area contributed by atoms with Crippen LogP contribution in [0.15, 0.2) is 54.7 Å². The Labute approximate surface area is 181 Å². The number of benzene rings is 2. The topological polar surface area (TPSA) is 50.3 Å². The van der Waals surface area contributed by atoms with Gasteiger partial charge in [0.1, 0.15) is 5.82 Å². The molecule has 2 aromatic carbocycles. The first-order chi connectivity index (χ1) is 14.7. The highest BCUT2D eigenvalue weighted by atomic mass is 35.5. The minimum atomic E-state index is -3.28. The van der Waals surface area contributed by atoms with Gasteiger partial charge in [-0.05, 0) is 53.9 Å². The van der Waals surface area contributed by atoms with Gasteiger partial charge >= 0.3 is 0 Å². The standard InChI is InChI=1S/C23H18ClF3N2O2/c24-15-3-1-14(2-4-15)11-21(30)22(31)29-10-8-19(23(26,27)13-29)17-7-9-28-20-6-5-16(25)12-18(17)20/h1-7,9,12,19H,8,10-11,13H2. The number of hydrogen-bond acceptors (Lipinski definition) is 3. The fourth-order valence-electron chi connectivity index (χ4n) is 3.98. The summed E-state index contributed by atoms with van der Waals surface area (Å²) in [6.45, 7) is -0.868. The normalized spacial score (nSPS) is 18.2. The Balaban J connectivity index is 1.52. The molecule has 0 bridgehead atoms. The van der Waals surface area contributed by atoms with E-state index in [9.17, 15) is 14.0 Å². The number of fused-ring (bicyclic) bond motifs is 1. The predicted octanol–water partition coefficient (Wildman–Crippen LogP) is 4.79. The lowest BCUT2D eigenvalue weighted by Crippen LogP contribution is -2.51. The number of Topliss-reactive ketones (excluding diaryl/α,β-unsaturated/α-hetero) is 1. The van der Waals surface area contributed by atoms with E-state index in [4.69, 9.17) is 11.6 Å². The molecule has 0 saturated carbocycles. The van der Waals surface area contributed by atoms with Crippen LogP contribution in [-0.2, 0) is 16.0 Å². The van der Waals surface area contributed by atoms with E-state index in [1.54, 1.807) is 24.3 Å². The molecule has 1 saturated heterocycles. The van der Waals surface area contributed by atoms with Crippen LogP contribution in [-0.4, -0.2) is 40.6 Å². The fraction of sp³-hybridized carbons (Fsp3) is 0.261. The van der Waals surface area contributed by atoms with Crippen molar-refractivity contribution in [1.29, 1.82) is 0 Å². The van der Waals surface area contributed by atoms with Crippen molar-refractivity contribution in [3.63, 3.8) is 0 Å². The van der Waals surface area contributed by atoms with Crippen molar-refractivity contribution in [2.45, 2.75) is 24.7 Å². The summed E-state index contributed by atoms with van der Waals surface area (Å²) in [4.78, 5) is 29.9. The quantitative estimate of drug-likeness (QED) is 0.541. The molecule has 3 aromatic rings. The SMILES string of the molecule is O=C(Cc1ccc(Cl)cc1)C(=O)N1CCC(c2ccnc3ccc(F)cc23)C(F)(F)C1. The van der Waals surface area contributed by atoms with E-state index in [1.807, 2.05) is 0 Å². The number of pyridine rings is 1. The van der Waals surface area contributed by atoms with Crippen molar-refractivity contribution in [1.82, 2.24) is 9.88 Å². The average Bonchev–Trinajstić information content (AvgIpc) is 2.74. The molecule has 0 spiro atoms. The van der Waals surface area contributed by atoms with Crippen molar-refractivity contribution < 1.29 is 22.8 Å². The molecular weight excluding hydrogens is 429 g/mol. The number of amides is 1. The lowest BCUT2D eigenvalue weighted by atomic mass is 9.84. The van der Waals surface area contributed by atoms with Crippen molar-refractivity contribution >= 4 is 34.2 Å². The minimum absolute atomic E-state index is 0.00454. The molecule has 8 heteroatoms. The Morgan fingerprint density at radius 3 is 2.58 bits per heavy atom. The van der Waals surface area contributed by atoms with Crippen LogP contribution >= 0.6 is 11.6 Å². The highest BCUT2D eigenvalue weighted by Crippen LogP contribution is 2.42. The first kappa shape index (κ1) is 21.3. The van der Waals surface area contributed by atoms with E-state index < -0.39 is 35.9 Å². The summed E-state index contributed by atoms with van der Waals surface area (Å²) in [5, 5.41) is 0.818. The molecule has 1 aliphatic rings. The molecule has 4 nitrogen and oxygen atoms in total. The maximum Gasteiger partial charge on any atom is 0.290 e. The Morgan fingerprint density at radius 1 is 1.13 bits per heavy atom. The van der Waals surface area contributed by atoms with Crippen molar-refractivity contribution in [3.8, 4) is 0 Å². The van der Waals surface area contributed by atoms with Gasteiger partial charge in [-0.3, -0.25) is 14.6 Å². The van der Waals surface area contributed by atoms with Gasteiger partial charge in [-0.2, -0.15) is 0 Å². The molecule has 0 N–H and O–H groups in total. The zero-order valence-corrected chi connectivity index (χ0v) is 17.1. The summed E-state index contributed by atoms with van der Waals surface area (Å²) in [5.74, 6) is -6.72. The predicted molar refractivity (Wildman–Crippen MR) is 111 cm³/mol. The van der Waals surface area contributed by atoms with E-state index in [1.165, 1.54) is 30.5 Å². The van der Waals surface area contributed by atoms with Gasteiger partial charge in [0, 0.05) is 29.6 Å². The maximum absolute atomic E-state index is 15.1. The number of alkyl halides is 2. The van der Waals surface area contributed by atoms with Crippen LogP contribution in [0.4, 0.5) is 13.2 Å². The summed E-state index contributed by atoms with van der Waals surface area (Å²) in [7, 11) is 0. The number of piperidine rings is 1. The highest BCUT2D eigenvalue weighted by molar-refractivity contribution is 6.36. The van der Waals surface area contributed by atoms with Gasteiger partial charge in [-0.15, -0.1) is 0 Å². The number of hydrogen-bond donors (Lipinski definition) is 0. The molecule has 31 heavy (non-hydrogen) atoms. The van der Waals surface area contributed by atoms with E-state index in [0.717, 1.165) is 4.90 Å². The summed E-state index contributed by atoms with van der Waals surface area (Å²) in [6.07, 6.45) is 1.18. The average molecular weight is 447 g/mol. The molecule has 1 aliphatic heterocycles. The number of likely N-dealkylation sites (tertiary alicyclic amines) is 1. The zero-order valence-electron chi connectivity index (χ0n) is 16.3. The first-order valence-corrected chi connectivity index (χ1v) is 10.1. The van der Waals surface area contributed by atoms with E-state index in [-0.39, 0.29) is 24.9 Å². The largest absolute Gasteiger partial charge is 0.330 e. The highest BCUT2D eigenvalue weighted by Gasteiger charge is 2.47. The number of ketones is 1. The molecule has 4 rings (SSSR count). The minimum Gasteiger partial charge on any atom is -0.330 e. The second-order valence-electron chi connectivity index (χ2n) is 7.62. The van der Waals surface area contributed by atoms with Crippen molar-refractivity contribution in [2.75, 3.05) is 13.1 Å². The number of nitrogens with zero attached hydrogens (tertiary/aromatic N) is 2. The van der Waals surface area contributed by atoms with E-state index >= 15 is 8.78 Å². The molecular formula is C23H18ClF3N2O2. The Morgan fingerprint density at radius 2 is 1.87 bits per heavy atom.